The summed E-state index contributed by atoms with van der Waals surface area (Å²) in [5.74, 6) is 2.86. The number of aromatic amines is 1. The van der Waals surface area contributed by atoms with Crippen molar-refractivity contribution in [3.05, 3.63) is 17.2 Å². The molecule has 2 nitrogen and oxygen atoms in total. The molecule has 0 radical (unpaired) electrons. The molecular formula is C20H38N2. The van der Waals surface area contributed by atoms with E-state index in [0.717, 1.165) is 0 Å². The lowest BCUT2D eigenvalue weighted by atomic mass is 9.79. The zero-order chi connectivity index (χ0) is 16.9. The first-order valence-electron chi connectivity index (χ1n) is 9.34. The van der Waals surface area contributed by atoms with Gasteiger partial charge in [0.25, 0.3) is 0 Å². The van der Waals surface area contributed by atoms with Gasteiger partial charge in [-0.25, -0.2) is 4.98 Å². The summed E-state index contributed by atoms with van der Waals surface area (Å²) in [5.41, 5.74) is 2.89. The van der Waals surface area contributed by atoms with Crippen molar-refractivity contribution < 1.29 is 0 Å². The van der Waals surface area contributed by atoms with Gasteiger partial charge in [-0.05, 0) is 18.8 Å². The number of unbranched alkanes of at least 4 members (excludes halogenated alkanes) is 1. The molecule has 1 aromatic heterocycles. The molecule has 1 aromatic rings. The largest absolute Gasteiger partial charge is 0.345 e. The average molecular weight is 307 g/mol. The maximum atomic E-state index is 5.07. The third-order valence-electron chi connectivity index (χ3n) is 5.20. The van der Waals surface area contributed by atoms with Gasteiger partial charge >= 0.3 is 0 Å². The van der Waals surface area contributed by atoms with E-state index in [2.05, 4.69) is 60.4 Å². The molecule has 1 N–H and O–H groups in total. The van der Waals surface area contributed by atoms with Gasteiger partial charge in [-0.2, -0.15) is 0 Å². The first kappa shape index (κ1) is 19.3. The Hall–Kier alpha value is -0.790. The second-order valence-corrected chi connectivity index (χ2v) is 8.09. The Balaban J connectivity index is 3.21. The minimum atomic E-state index is 0.186. The first-order valence-corrected chi connectivity index (χ1v) is 9.34. The van der Waals surface area contributed by atoms with Crippen LogP contribution in [0.15, 0.2) is 0 Å². The highest BCUT2D eigenvalue weighted by atomic mass is 15.0. The fourth-order valence-electron chi connectivity index (χ4n) is 3.11. The Morgan fingerprint density at radius 3 is 2.18 bits per heavy atom. The Morgan fingerprint density at radius 2 is 1.68 bits per heavy atom. The minimum absolute atomic E-state index is 0.186. The van der Waals surface area contributed by atoms with Crippen LogP contribution in [0.1, 0.15) is 117 Å². The summed E-state index contributed by atoms with van der Waals surface area (Å²) in [5, 5.41) is 0. The molecule has 0 fully saturated rings. The van der Waals surface area contributed by atoms with Crippen LogP contribution in [0, 0.1) is 5.92 Å². The number of hydrogen-bond acceptors (Lipinski definition) is 1. The Morgan fingerprint density at radius 1 is 1.05 bits per heavy atom. The summed E-state index contributed by atoms with van der Waals surface area (Å²) < 4.78 is 0. The van der Waals surface area contributed by atoms with Crippen LogP contribution in [0.5, 0.6) is 0 Å². The van der Waals surface area contributed by atoms with Crippen LogP contribution in [0.4, 0.5) is 0 Å². The predicted molar refractivity (Wildman–Crippen MR) is 97.7 cm³/mol. The maximum absolute atomic E-state index is 5.07. The molecule has 0 saturated heterocycles. The van der Waals surface area contributed by atoms with Crippen molar-refractivity contribution in [2.24, 2.45) is 5.92 Å². The first-order chi connectivity index (χ1) is 10.2. The Kier molecular flexibility index (Phi) is 7.15. The average Bonchev–Trinajstić information content (AvgIpc) is 2.90. The van der Waals surface area contributed by atoms with Crippen molar-refractivity contribution in [3.8, 4) is 0 Å². The van der Waals surface area contributed by atoms with Crippen molar-refractivity contribution in [3.63, 3.8) is 0 Å². The van der Waals surface area contributed by atoms with E-state index in [1.807, 2.05) is 0 Å². The molecule has 0 aromatic carbocycles. The standard InChI is InChI=1S/C20H38N2/c1-9-11-13-20(7,8)18-17(16(6)14(3)4)21-19(22-18)15(5)12-10-2/h14-16H,9-13H2,1-8H3,(H,21,22). The van der Waals surface area contributed by atoms with Gasteiger partial charge in [-0.15, -0.1) is 0 Å². The molecule has 1 rings (SSSR count). The molecule has 2 atom stereocenters. The molecule has 2 heteroatoms. The van der Waals surface area contributed by atoms with Crippen LogP contribution >= 0.6 is 0 Å². The zero-order valence-electron chi connectivity index (χ0n) is 16.2. The van der Waals surface area contributed by atoms with Gasteiger partial charge in [0.15, 0.2) is 0 Å². The van der Waals surface area contributed by atoms with E-state index < -0.39 is 0 Å². The van der Waals surface area contributed by atoms with Crippen LogP contribution in [-0.4, -0.2) is 9.97 Å². The van der Waals surface area contributed by atoms with Gasteiger partial charge < -0.3 is 4.98 Å². The summed E-state index contributed by atoms with van der Waals surface area (Å²) >= 11 is 0. The fraction of sp³-hybridized carbons (Fsp3) is 0.850. The van der Waals surface area contributed by atoms with Gasteiger partial charge in [-0.3, -0.25) is 0 Å². The molecule has 0 spiro atoms. The number of H-pyrrole nitrogens is 1. The van der Waals surface area contributed by atoms with E-state index >= 15 is 0 Å². The van der Waals surface area contributed by atoms with E-state index in [1.54, 1.807) is 0 Å². The Bertz CT molecular complexity index is 443. The second kappa shape index (κ2) is 8.17. The molecule has 0 bridgehead atoms. The van der Waals surface area contributed by atoms with E-state index in [9.17, 15) is 0 Å². The van der Waals surface area contributed by atoms with E-state index in [4.69, 9.17) is 4.98 Å². The molecule has 1 heterocycles. The Labute approximate surface area is 138 Å². The van der Waals surface area contributed by atoms with Gasteiger partial charge in [0, 0.05) is 22.9 Å². The third kappa shape index (κ3) is 4.60. The number of hydrogen-bond donors (Lipinski definition) is 1. The van der Waals surface area contributed by atoms with E-state index in [1.165, 1.54) is 49.3 Å². The molecule has 0 aliphatic rings. The molecule has 0 aliphatic carbocycles. The highest BCUT2D eigenvalue weighted by Crippen LogP contribution is 2.37. The maximum Gasteiger partial charge on any atom is 0.109 e. The SMILES string of the molecule is CCCCC(C)(C)c1[nH]c(C(C)CCC)nc1C(C)C(C)C. The normalized spacial score (nSPS) is 15.3. The van der Waals surface area contributed by atoms with E-state index in [0.29, 0.717) is 17.8 Å². The van der Waals surface area contributed by atoms with Crippen molar-refractivity contribution in [2.75, 3.05) is 0 Å². The van der Waals surface area contributed by atoms with Gasteiger partial charge in [0.2, 0.25) is 0 Å². The molecule has 0 amide bonds. The molecule has 0 aliphatic heterocycles. The van der Waals surface area contributed by atoms with Gasteiger partial charge in [-0.1, -0.05) is 74.7 Å². The lowest BCUT2D eigenvalue weighted by Gasteiger charge is -2.27. The number of nitrogens with zero attached hydrogens (tertiary/aromatic N) is 1. The molecule has 128 valence electrons. The van der Waals surface area contributed by atoms with Gasteiger partial charge in [0.05, 0.1) is 5.69 Å². The zero-order valence-corrected chi connectivity index (χ0v) is 16.2. The monoisotopic (exact) mass is 306 g/mol. The number of rotatable bonds is 9. The van der Waals surface area contributed by atoms with Crippen molar-refractivity contribution in [1.29, 1.82) is 0 Å². The van der Waals surface area contributed by atoms with Gasteiger partial charge in [0.1, 0.15) is 5.82 Å². The van der Waals surface area contributed by atoms with Crippen LogP contribution < -0.4 is 0 Å². The van der Waals surface area contributed by atoms with Crippen molar-refractivity contribution in [1.82, 2.24) is 9.97 Å². The summed E-state index contributed by atoms with van der Waals surface area (Å²) in [6.45, 7) is 18.5. The lowest BCUT2D eigenvalue weighted by Crippen LogP contribution is -2.21. The fourth-order valence-corrected chi connectivity index (χ4v) is 3.11. The highest BCUT2D eigenvalue weighted by molar-refractivity contribution is 5.27. The summed E-state index contributed by atoms with van der Waals surface area (Å²) in [6.07, 6.45) is 6.18. The summed E-state index contributed by atoms with van der Waals surface area (Å²) in [6, 6.07) is 0. The smallest absolute Gasteiger partial charge is 0.109 e. The molecule has 2 unspecified atom stereocenters. The lowest BCUT2D eigenvalue weighted by molar-refractivity contribution is 0.430. The minimum Gasteiger partial charge on any atom is -0.345 e. The molecule has 22 heavy (non-hydrogen) atoms. The van der Waals surface area contributed by atoms with Crippen LogP contribution in [0.3, 0.4) is 0 Å². The third-order valence-corrected chi connectivity index (χ3v) is 5.20. The summed E-state index contributed by atoms with van der Waals surface area (Å²) in [4.78, 5) is 8.81. The number of imidazole rings is 1. The van der Waals surface area contributed by atoms with Crippen LogP contribution in [-0.2, 0) is 5.41 Å². The number of nitrogens with one attached hydrogen (secondary N) is 1. The quantitative estimate of drug-likeness (QED) is 0.551. The predicted octanol–water partition coefficient (Wildman–Crippen LogP) is 6.54. The molecule has 0 saturated carbocycles. The van der Waals surface area contributed by atoms with Crippen molar-refractivity contribution in [2.45, 2.75) is 105 Å². The summed E-state index contributed by atoms with van der Waals surface area (Å²) in [7, 11) is 0. The number of aromatic nitrogens is 2. The second-order valence-electron chi connectivity index (χ2n) is 8.09. The molecular weight excluding hydrogens is 268 g/mol. The topological polar surface area (TPSA) is 28.7 Å². The van der Waals surface area contributed by atoms with Crippen LogP contribution in [0.25, 0.3) is 0 Å². The van der Waals surface area contributed by atoms with Crippen molar-refractivity contribution >= 4 is 0 Å². The van der Waals surface area contributed by atoms with E-state index in [-0.39, 0.29) is 5.41 Å². The highest BCUT2D eigenvalue weighted by Gasteiger charge is 2.30. The van der Waals surface area contributed by atoms with Crippen LogP contribution in [0.2, 0.25) is 0 Å².